The van der Waals surface area contributed by atoms with Crippen LogP contribution in [0.2, 0.25) is 12.6 Å². The van der Waals surface area contributed by atoms with E-state index in [2.05, 4.69) is 28.0 Å². The topological polar surface area (TPSA) is 0 Å². The van der Waals surface area contributed by atoms with Crippen LogP contribution in [-0.2, 0) is 0 Å². The van der Waals surface area contributed by atoms with Gasteiger partial charge in [0.05, 0.1) is 0 Å². The lowest BCUT2D eigenvalue weighted by molar-refractivity contribution is 0.0386. The maximum absolute atomic E-state index is 2.68. The second-order valence-electron chi connectivity index (χ2n) is 12.2. The van der Waals surface area contributed by atoms with Crippen LogP contribution in [0.25, 0.3) is 0 Å². The third-order valence-corrected chi connectivity index (χ3v) is 11.1. The molecule has 0 amide bonds. The molecular weight excluding hydrogens is 323 g/mol. The summed E-state index contributed by atoms with van der Waals surface area (Å²) < 4.78 is 0. The lowest BCUT2D eigenvalue weighted by Crippen LogP contribution is -2.37. The highest BCUT2D eigenvalue weighted by molar-refractivity contribution is 6.35. The lowest BCUT2D eigenvalue weighted by Gasteiger charge is -2.47. The molecule has 5 aliphatic rings. The van der Waals surface area contributed by atoms with Gasteiger partial charge in [0.25, 0.3) is 0 Å². The van der Waals surface area contributed by atoms with Crippen molar-refractivity contribution in [2.75, 3.05) is 0 Å². The van der Waals surface area contributed by atoms with E-state index in [4.69, 9.17) is 0 Å². The second kappa shape index (κ2) is 7.39. The molecular formula is C26H44B. The summed E-state index contributed by atoms with van der Waals surface area (Å²) in [6.45, 7) is 7.67. The van der Waals surface area contributed by atoms with Gasteiger partial charge in [0.2, 0.25) is 0 Å². The molecule has 9 unspecified atom stereocenters. The monoisotopic (exact) mass is 367 g/mol. The van der Waals surface area contributed by atoms with Gasteiger partial charge in [0.15, 0.2) is 0 Å². The van der Waals surface area contributed by atoms with E-state index in [1.54, 1.807) is 57.8 Å². The van der Waals surface area contributed by atoms with Crippen molar-refractivity contribution in [2.24, 2.45) is 52.8 Å². The Morgan fingerprint density at radius 3 is 1.96 bits per heavy atom. The zero-order chi connectivity index (χ0) is 18.6. The molecule has 0 aromatic carbocycles. The Bertz CT molecular complexity index is 524. The fourth-order valence-electron chi connectivity index (χ4n) is 9.59. The highest BCUT2D eigenvalue weighted by Gasteiger charge is 2.57. The van der Waals surface area contributed by atoms with Gasteiger partial charge in [-0.25, -0.2) is 0 Å². The summed E-state index contributed by atoms with van der Waals surface area (Å²) in [6, 6.07) is 0. The molecule has 0 heterocycles. The van der Waals surface area contributed by atoms with Gasteiger partial charge < -0.3 is 0 Å². The molecule has 5 saturated carbocycles. The van der Waals surface area contributed by atoms with Crippen molar-refractivity contribution in [1.29, 1.82) is 0 Å². The molecule has 0 bridgehead atoms. The van der Waals surface area contributed by atoms with Crippen LogP contribution in [0.5, 0.6) is 0 Å². The first-order valence-electron chi connectivity index (χ1n) is 12.9. The summed E-state index contributed by atoms with van der Waals surface area (Å²) in [5.41, 5.74) is 0.640. The standard InChI is InChI=1S/C26H44B/c1-26(2)24-7-5-4-6-22(24)23-13-11-20(16-25(23)26)17-8-9-19-15-21(27-3)12-10-18(19)14-17/h17-25H,4-16H2,1-3H3. The van der Waals surface area contributed by atoms with E-state index in [0.29, 0.717) is 5.41 Å². The van der Waals surface area contributed by atoms with Crippen LogP contribution in [0.1, 0.15) is 97.3 Å². The van der Waals surface area contributed by atoms with Gasteiger partial charge in [0.1, 0.15) is 7.28 Å². The Balaban J connectivity index is 1.25. The van der Waals surface area contributed by atoms with Crippen molar-refractivity contribution in [3.05, 3.63) is 0 Å². The van der Waals surface area contributed by atoms with E-state index >= 15 is 0 Å². The van der Waals surface area contributed by atoms with E-state index in [0.717, 1.165) is 53.2 Å². The Morgan fingerprint density at radius 2 is 1.19 bits per heavy atom. The second-order valence-corrected chi connectivity index (χ2v) is 12.2. The van der Waals surface area contributed by atoms with Gasteiger partial charge in [-0.1, -0.05) is 58.6 Å². The molecule has 27 heavy (non-hydrogen) atoms. The van der Waals surface area contributed by atoms with Gasteiger partial charge in [-0.3, -0.25) is 0 Å². The summed E-state index contributed by atoms with van der Waals surface area (Å²) in [5, 5.41) is 0. The number of fused-ring (bicyclic) bond motifs is 4. The van der Waals surface area contributed by atoms with Crippen LogP contribution >= 0.6 is 0 Å². The van der Waals surface area contributed by atoms with E-state index < -0.39 is 0 Å². The molecule has 1 radical (unpaired) electrons. The van der Waals surface area contributed by atoms with Crippen molar-refractivity contribution in [1.82, 2.24) is 0 Å². The van der Waals surface area contributed by atoms with E-state index in [1.807, 2.05) is 0 Å². The molecule has 0 nitrogen and oxygen atoms in total. The van der Waals surface area contributed by atoms with E-state index in [1.165, 1.54) is 25.7 Å². The third-order valence-electron chi connectivity index (χ3n) is 11.1. The fraction of sp³-hybridized carbons (Fsp3) is 1.00. The molecule has 5 fully saturated rings. The van der Waals surface area contributed by atoms with Gasteiger partial charge >= 0.3 is 0 Å². The predicted octanol–water partition coefficient (Wildman–Crippen LogP) is 7.62. The number of hydrogen-bond acceptors (Lipinski definition) is 0. The fourth-order valence-corrected chi connectivity index (χ4v) is 9.59. The third kappa shape index (κ3) is 3.26. The first-order chi connectivity index (χ1) is 13.1. The normalized spacial score (nSPS) is 51.7. The van der Waals surface area contributed by atoms with Crippen LogP contribution in [0, 0.1) is 52.8 Å². The number of hydrogen-bond donors (Lipinski definition) is 0. The number of rotatable bonds is 2. The minimum absolute atomic E-state index is 0.640. The minimum atomic E-state index is 0.640. The Labute approximate surface area is 170 Å². The average Bonchev–Trinajstić information content (AvgIpc) is 2.94. The first kappa shape index (κ1) is 19.1. The minimum Gasteiger partial charge on any atom is -0.0917 e. The summed E-state index contributed by atoms with van der Waals surface area (Å²) in [5.74, 6) is 9.64. The summed E-state index contributed by atoms with van der Waals surface area (Å²) in [6.07, 6.45) is 20.3. The molecule has 0 aromatic rings. The molecule has 9 atom stereocenters. The Kier molecular flexibility index (Phi) is 5.22. The predicted molar refractivity (Wildman–Crippen MR) is 117 cm³/mol. The van der Waals surface area contributed by atoms with Crippen LogP contribution in [0.15, 0.2) is 0 Å². The maximum Gasteiger partial charge on any atom is 0.110 e. The molecule has 151 valence electrons. The smallest absolute Gasteiger partial charge is 0.0917 e. The van der Waals surface area contributed by atoms with Crippen molar-refractivity contribution in [2.45, 2.75) is 110 Å². The first-order valence-corrected chi connectivity index (χ1v) is 12.9. The van der Waals surface area contributed by atoms with Gasteiger partial charge in [-0.05, 0) is 104 Å². The van der Waals surface area contributed by atoms with Crippen molar-refractivity contribution in [3.8, 4) is 0 Å². The molecule has 0 spiro atoms. The van der Waals surface area contributed by atoms with Crippen LogP contribution < -0.4 is 0 Å². The molecule has 0 saturated heterocycles. The highest BCUT2D eigenvalue weighted by atomic mass is 14.6. The largest absolute Gasteiger partial charge is 0.110 e. The molecule has 5 rings (SSSR count). The summed E-state index contributed by atoms with van der Waals surface area (Å²) >= 11 is 0. The SMILES string of the molecule is C[B]C1CCC2CC(C3CCC4C5CCCCC5C(C)(C)C4C3)CCC2C1. The van der Waals surface area contributed by atoms with Crippen LogP contribution in [-0.4, -0.2) is 7.28 Å². The molecule has 0 N–H and O–H groups in total. The molecule has 0 aliphatic heterocycles. The van der Waals surface area contributed by atoms with Crippen molar-refractivity contribution >= 4 is 7.28 Å². The zero-order valence-electron chi connectivity index (χ0n) is 18.5. The summed E-state index contributed by atoms with van der Waals surface area (Å²) in [7, 11) is 2.51. The maximum atomic E-state index is 2.68. The zero-order valence-corrected chi connectivity index (χ0v) is 18.5. The Hall–Kier alpha value is 0.0649. The molecule has 1 heteroatoms. The van der Waals surface area contributed by atoms with Crippen molar-refractivity contribution in [3.63, 3.8) is 0 Å². The van der Waals surface area contributed by atoms with Gasteiger partial charge in [-0.15, -0.1) is 0 Å². The van der Waals surface area contributed by atoms with Gasteiger partial charge in [0, 0.05) is 0 Å². The van der Waals surface area contributed by atoms with E-state index in [9.17, 15) is 0 Å². The quantitative estimate of drug-likeness (QED) is 0.440. The highest BCUT2D eigenvalue weighted by Crippen LogP contribution is 2.64. The van der Waals surface area contributed by atoms with Crippen LogP contribution in [0.3, 0.4) is 0 Å². The molecule has 5 aliphatic carbocycles. The Morgan fingerprint density at radius 1 is 0.593 bits per heavy atom. The average molecular weight is 367 g/mol. The van der Waals surface area contributed by atoms with Crippen molar-refractivity contribution < 1.29 is 0 Å². The van der Waals surface area contributed by atoms with Crippen LogP contribution in [0.4, 0.5) is 0 Å². The summed E-state index contributed by atoms with van der Waals surface area (Å²) in [4.78, 5) is 0. The van der Waals surface area contributed by atoms with E-state index in [-0.39, 0.29) is 0 Å². The lowest BCUT2D eigenvalue weighted by atomic mass is 9.53. The molecule has 0 aromatic heterocycles. The van der Waals surface area contributed by atoms with Gasteiger partial charge in [-0.2, -0.15) is 0 Å².